The van der Waals surface area contributed by atoms with Gasteiger partial charge in [-0.2, -0.15) is 0 Å². The Labute approximate surface area is 158 Å². The topological polar surface area (TPSA) is 53.6 Å². The van der Waals surface area contributed by atoms with Crippen LogP contribution >= 0.6 is 0 Å². The number of hydrogen-bond donors (Lipinski definition) is 2. The molecule has 0 saturated carbocycles. The minimum Gasteiger partial charge on any atom is -0.497 e. The van der Waals surface area contributed by atoms with Gasteiger partial charge in [-0.1, -0.05) is 18.6 Å². The Morgan fingerprint density at radius 1 is 1.31 bits per heavy atom. The van der Waals surface area contributed by atoms with E-state index >= 15 is 0 Å². The average Bonchev–Trinajstić information content (AvgIpc) is 2.65. The van der Waals surface area contributed by atoms with Crippen LogP contribution in [0.25, 0.3) is 0 Å². The molecule has 1 heterocycles. The van der Waals surface area contributed by atoms with E-state index in [9.17, 15) is 4.79 Å². The molecule has 0 spiro atoms. The number of ether oxygens (including phenoxy) is 1. The molecule has 0 radical (unpaired) electrons. The number of urea groups is 1. The fraction of sp³-hybridized carbons (Fsp3) is 0.667. The minimum atomic E-state index is -0.0566. The second-order valence-electron chi connectivity index (χ2n) is 7.42. The van der Waals surface area contributed by atoms with Crippen LogP contribution in [-0.2, 0) is 6.42 Å². The van der Waals surface area contributed by atoms with Crippen LogP contribution in [0.15, 0.2) is 24.3 Å². The van der Waals surface area contributed by atoms with Crippen molar-refractivity contribution in [3.05, 3.63) is 29.8 Å². The van der Waals surface area contributed by atoms with E-state index in [1.165, 1.54) is 31.4 Å². The Hall–Kier alpha value is -1.75. The zero-order chi connectivity index (χ0) is 18.8. The molecule has 2 amide bonds. The van der Waals surface area contributed by atoms with Crippen LogP contribution in [0, 0.1) is 0 Å². The second kappa shape index (κ2) is 11.1. The molecule has 26 heavy (non-hydrogen) atoms. The summed E-state index contributed by atoms with van der Waals surface area (Å²) in [7, 11) is 1.67. The van der Waals surface area contributed by atoms with Gasteiger partial charge < -0.3 is 20.3 Å². The van der Waals surface area contributed by atoms with Crippen molar-refractivity contribution in [2.75, 3.05) is 26.7 Å². The zero-order valence-electron chi connectivity index (χ0n) is 16.6. The summed E-state index contributed by atoms with van der Waals surface area (Å²) in [5.74, 6) is 0.873. The fourth-order valence-electron chi connectivity index (χ4n) is 3.50. The summed E-state index contributed by atoms with van der Waals surface area (Å²) in [6, 6.07) is 8.89. The summed E-state index contributed by atoms with van der Waals surface area (Å²) >= 11 is 0. The molecule has 0 bridgehead atoms. The van der Waals surface area contributed by atoms with E-state index in [0.717, 1.165) is 38.1 Å². The van der Waals surface area contributed by atoms with E-state index in [1.807, 2.05) is 12.1 Å². The summed E-state index contributed by atoms with van der Waals surface area (Å²) < 4.78 is 5.17. The molecule has 1 aliphatic rings. The largest absolute Gasteiger partial charge is 0.497 e. The van der Waals surface area contributed by atoms with E-state index in [0.29, 0.717) is 6.04 Å². The van der Waals surface area contributed by atoms with E-state index < -0.39 is 0 Å². The Morgan fingerprint density at radius 2 is 2.08 bits per heavy atom. The van der Waals surface area contributed by atoms with E-state index in [1.54, 1.807) is 7.11 Å². The maximum absolute atomic E-state index is 12.0. The van der Waals surface area contributed by atoms with Crippen LogP contribution in [0.1, 0.15) is 51.5 Å². The monoisotopic (exact) mass is 361 g/mol. The number of nitrogens with one attached hydrogen (secondary N) is 2. The van der Waals surface area contributed by atoms with Gasteiger partial charge in [-0.3, -0.25) is 0 Å². The highest BCUT2D eigenvalue weighted by Gasteiger charge is 2.17. The summed E-state index contributed by atoms with van der Waals surface area (Å²) in [6.45, 7) is 7.38. The molecule has 1 aromatic rings. The van der Waals surface area contributed by atoms with Gasteiger partial charge in [0.05, 0.1) is 7.11 Å². The van der Waals surface area contributed by atoms with Gasteiger partial charge in [0.2, 0.25) is 0 Å². The molecule has 2 rings (SSSR count). The number of carbonyl (C=O) groups excluding carboxylic acids is 1. The first-order valence-corrected chi connectivity index (χ1v) is 10.00. The number of methoxy groups -OCH3 is 1. The van der Waals surface area contributed by atoms with Crippen LogP contribution in [0.4, 0.5) is 4.79 Å². The van der Waals surface area contributed by atoms with E-state index in [2.05, 4.69) is 41.5 Å². The summed E-state index contributed by atoms with van der Waals surface area (Å²) in [5, 5.41) is 6.02. The van der Waals surface area contributed by atoms with Gasteiger partial charge in [0.25, 0.3) is 0 Å². The number of aryl methyl sites for hydroxylation is 1. The molecule has 146 valence electrons. The first-order valence-electron chi connectivity index (χ1n) is 10.00. The van der Waals surface area contributed by atoms with Crippen molar-refractivity contribution >= 4 is 6.03 Å². The Kier molecular flexibility index (Phi) is 8.75. The van der Waals surface area contributed by atoms with Crippen molar-refractivity contribution in [1.82, 2.24) is 15.5 Å². The lowest BCUT2D eigenvalue weighted by Crippen LogP contribution is -2.43. The van der Waals surface area contributed by atoms with Crippen LogP contribution in [0.5, 0.6) is 5.75 Å². The summed E-state index contributed by atoms with van der Waals surface area (Å²) in [5.41, 5.74) is 1.26. The molecule has 1 saturated heterocycles. The quantitative estimate of drug-likeness (QED) is 0.661. The first-order chi connectivity index (χ1) is 12.6. The number of likely N-dealkylation sites (tertiary alicyclic amines) is 1. The highest BCUT2D eigenvalue weighted by molar-refractivity contribution is 5.74. The molecule has 5 nitrogen and oxygen atoms in total. The number of piperidine rings is 1. The third-order valence-electron chi connectivity index (χ3n) is 5.25. The predicted octanol–water partition coefficient (Wildman–Crippen LogP) is 3.58. The normalized spacial score (nSPS) is 19.0. The number of benzene rings is 1. The Bertz CT molecular complexity index is 533. The van der Waals surface area contributed by atoms with Gasteiger partial charge in [0, 0.05) is 25.2 Å². The van der Waals surface area contributed by atoms with E-state index in [-0.39, 0.29) is 12.1 Å². The highest BCUT2D eigenvalue weighted by Crippen LogP contribution is 2.16. The molecule has 1 aromatic carbocycles. The maximum Gasteiger partial charge on any atom is 0.314 e. The number of amides is 2. The zero-order valence-corrected chi connectivity index (χ0v) is 16.6. The van der Waals surface area contributed by atoms with Gasteiger partial charge in [-0.15, -0.1) is 0 Å². The number of hydrogen-bond acceptors (Lipinski definition) is 3. The van der Waals surface area contributed by atoms with Gasteiger partial charge in [0.15, 0.2) is 0 Å². The highest BCUT2D eigenvalue weighted by atomic mass is 16.5. The lowest BCUT2D eigenvalue weighted by Gasteiger charge is -2.33. The molecule has 0 aliphatic carbocycles. The SMILES string of the molecule is COc1ccc(CCC(C)NC(=O)NCCCN2CCCCC2C)cc1. The Morgan fingerprint density at radius 3 is 2.77 bits per heavy atom. The number of nitrogens with zero attached hydrogens (tertiary/aromatic N) is 1. The smallest absolute Gasteiger partial charge is 0.314 e. The third kappa shape index (κ3) is 7.24. The molecule has 2 N–H and O–H groups in total. The maximum atomic E-state index is 12.0. The van der Waals surface area contributed by atoms with Crippen molar-refractivity contribution in [1.29, 1.82) is 0 Å². The lowest BCUT2D eigenvalue weighted by atomic mass is 10.0. The molecule has 5 heteroatoms. The first kappa shape index (κ1) is 20.6. The van der Waals surface area contributed by atoms with Crippen molar-refractivity contribution in [3.8, 4) is 5.75 Å². The fourth-order valence-corrected chi connectivity index (χ4v) is 3.50. The number of carbonyl (C=O) groups is 1. The molecular formula is C21H35N3O2. The van der Waals surface area contributed by atoms with Crippen LogP contribution in [-0.4, -0.2) is 49.8 Å². The summed E-state index contributed by atoms with van der Waals surface area (Å²) in [6.07, 6.45) is 6.84. The average molecular weight is 362 g/mol. The molecule has 2 atom stereocenters. The minimum absolute atomic E-state index is 0.0566. The molecule has 0 aromatic heterocycles. The van der Waals surface area contributed by atoms with Crippen molar-refractivity contribution < 1.29 is 9.53 Å². The van der Waals surface area contributed by atoms with Crippen molar-refractivity contribution in [2.45, 2.75) is 64.5 Å². The Balaban J connectivity index is 1.56. The van der Waals surface area contributed by atoms with E-state index in [4.69, 9.17) is 4.74 Å². The third-order valence-corrected chi connectivity index (χ3v) is 5.25. The lowest BCUT2D eigenvalue weighted by molar-refractivity contribution is 0.159. The van der Waals surface area contributed by atoms with Gasteiger partial charge in [-0.25, -0.2) is 4.79 Å². The number of rotatable bonds is 9. The molecule has 1 aliphatic heterocycles. The predicted molar refractivity (Wildman–Crippen MR) is 107 cm³/mol. The summed E-state index contributed by atoms with van der Waals surface area (Å²) in [4.78, 5) is 14.6. The van der Waals surface area contributed by atoms with Gasteiger partial charge in [0.1, 0.15) is 5.75 Å². The second-order valence-corrected chi connectivity index (χ2v) is 7.42. The van der Waals surface area contributed by atoms with Crippen LogP contribution in [0.2, 0.25) is 0 Å². The van der Waals surface area contributed by atoms with Crippen LogP contribution < -0.4 is 15.4 Å². The van der Waals surface area contributed by atoms with Crippen LogP contribution in [0.3, 0.4) is 0 Å². The molecule has 1 fully saturated rings. The molecule has 2 unspecified atom stereocenters. The van der Waals surface area contributed by atoms with Gasteiger partial charge in [-0.05, 0) is 70.2 Å². The van der Waals surface area contributed by atoms with Crippen molar-refractivity contribution in [3.63, 3.8) is 0 Å². The molecular weight excluding hydrogens is 326 g/mol. The van der Waals surface area contributed by atoms with Gasteiger partial charge >= 0.3 is 6.03 Å². The standard InChI is InChI=1S/C21H35N3O2/c1-17(8-9-19-10-12-20(26-3)13-11-19)23-21(25)22-14-6-16-24-15-5-4-7-18(24)2/h10-13,17-18H,4-9,14-16H2,1-3H3,(H2,22,23,25). The van der Waals surface area contributed by atoms with Crippen molar-refractivity contribution in [2.24, 2.45) is 0 Å².